The van der Waals surface area contributed by atoms with Crippen molar-refractivity contribution in [2.75, 3.05) is 26.3 Å². The maximum atomic E-state index is 6.12. The van der Waals surface area contributed by atoms with E-state index in [1.54, 1.807) is 0 Å². The molecule has 1 fully saturated rings. The number of para-hydroxylation sites is 1. The van der Waals surface area contributed by atoms with E-state index in [4.69, 9.17) is 9.15 Å². The lowest BCUT2D eigenvalue weighted by molar-refractivity contribution is 0.0967. The minimum absolute atomic E-state index is 0.779. The normalized spacial score (nSPS) is 15.2. The van der Waals surface area contributed by atoms with Crippen molar-refractivity contribution in [3.63, 3.8) is 0 Å². The molecule has 22 heavy (non-hydrogen) atoms. The molecular weight excluding hydrogens is 274 g/mol. The number of hydrogen-bond acceptors (Lipinski definition) is 2. The van der Waals surface area contributed by atoms with Crippen molar-refractivity contribution in [3.8, 4) is 11.3 Å². The maximum Gasteiger partial charge on any atom is 0.214 e. The Balaban J connectivity index is 2.02. The van der Waals surface area contributed by atoms with Crippen molar-refractivity contribution >= 4 is 11.0 Å². The van der Waals surface area contributed by atoms with Crippen molar-refractivity contribution < 1.29 is 9.15 Å². The molecule has 3 aromatic rings. The third-order valence-corrected chi connectivity index (χ3v) is 4.06. The molecule has 4 rings (SSSR count). The van der Waals surface area contributed by atoms with Gasteiger partial charge in [-0.25, -0.2) is 4.58 Å². The largest absolute Gasteiger partial charge is 0.456 e. The van der Waals surface area contributed by atoms with E-state index in [0.29, 0.717) is 0 Å². The summed E-state index contributed by atoms with van der Waals surface area (Å²) < 4.78 is 14.0. The molecule has 3 nitrogen and oxygen atoms in total. The van der Waals surface area contributed by atoms with Crippen LogP contribution in [-0.4, -0.2) is 26.3 Å². The summed E-state index contributed by atoms with van der Waals surface area (Å²) in [7, 11) is 0. The number of hydrogen-bond donors (Lipinski definition) is 0. The van der Waals surface area contributed by atoms with Crippen LogP contribution in [-0.2, 0) is 4.74 Å². The molecule has 0 bridgehead atoms. The van der Waals surface area contributed by atoms with Gasteiger partial charge in [-0.3, -0.25) is 0 Å². The van der Waals surface area contributed by atoms with Crippen LogP contribution in [0.1, 0.15) is 0 Å². The minimum atomic E-state index is 0.779. The zero-order valence-corrected chi connectivity index (χ0v) is 12.4. The first-order valence-electron chi connectivity index (χ1n) is 7.66. The lowest BCUT2D eigenvalue weighted by Gasteiger charge is -2.12. The fourth-order valence-corrected chi connectivity index (χ4v) is 2.93. The molecule has 0 atom stereocenters. The van der Waals surface area contributed by atoms with Crippen LogP contribution in [0.5, 0.6) is 0 Å². The van der Waals surface area contributed by atoms with Crippen LogP contribution in [0, 0.1) is 0 Å². The Bertz CT molecular complexity index is 857. The number of rotatable bonds is 1. The van der Waals surface area contributed by atoms with Gasteiger partial charge in [-0.2, -0.15) is 0 Å². The topological polar surface area (TPSA) is 25.4 Å². The molecule has 1 aliphatic rings. The Hall–Kier alpha value is -2.39. The fourth-order valence-electron chi connectivity index (χ4n) is 2.93. The highest BCUT2D eigenvalue weighted by molar-refractivity contribution is 5.78. The summed E-state index contributed by atoms with van der Waals surface area (Å²) in [4.78, 5) is 0. The van der Waals surface area contributed by atoms with Gasteiger partial charge in [0.1, 0.15) is 24.6 Å². The van der Waals surface area contributed by atoms with Crippen LogP contribution in [0.3, 0.4) is 0 Å². The van der Waals surface area contributed by atoms with Crippen LogP contribution in [0.2, 0.25) is 0 Å². The van der Waals surface area contributed by atoms with E-state index in [9.17, 15) is 0 Å². The number of ether oxygens (including phenoxy) is 1. The van der Waals surface area contributed by atoms with Crippen molar-refractivity contribution in [2.24, 2.45) is 0 Å². The Labute approximate surface area is 129 Å². The third-order valence-electron chi connectivity index (χ3n) is 4.06. The SMILES string of the molecule is c1ccc(-c2cc(=[N+]3CCOCC3)c3ccccc3o2)cc1. The number of benzene rings is 2. The fraction of sp³-hybridized carbons (Fsp3) is 0.211. The monoisotopic (exact) mass is 292 g/mol. The summed E-state index contributed by atoms with van der Waals surface area (Å²) in [5.74, 6) is 0.904. The lowest BCUT2D eigenvalue weighted by Crippen LogP contribution is -2.40. The summed E-state index contributed by atoms with van der Waals surface area (Å²) in [6.45, 7) is 3.40. The summed E-state index contributed by atoms with van der Waals surface area (Å²) in [5, 5.41) is 2.38. The van der Waals surface area contributed by atoms with Crippen molar-refractivity contribution in [1.29, 1.82) is 0 Å². The second-order valence-corrected chi connectivity index (χ2v) is 5.46. The number of nitrogens with zero attached hydrogens (tertiary/aromatic N) is 1. The molecule has 1 aromatic heterocycles. The standard InChI is InChI=1S/C19H18NO2/c1-2-6-15(7-3-1)19-14-17(20-10-12-21-13-11-20)16-8-4-5-9-18(16)22-19/h1-9,14H,10-13H2/q+1. The van der Waals surface area contributed by atoms with Crippen molar-refractivity contribution in [2.45, 2.75) is 0 Å². The Morgan fingerprint density at radius 1 is 0.818 bits per heavy atom. The van der Waals surface area contributed by atoms with Crippen LogP contribution in [0.25, 0.3) is 22.3 Å². The molecule has 2 heterocycles. The van der Waals surface area contributed by atoms with Gasteiger partial charge in [0, 0.05) is 5.56 Å². The molecule has 0 radical (unpaired) electrons. The number of morpholine rings is 1. The van der Waals surface area contributed by atoms with Gasteiger partial charge in [0.05, 0.1) is 11.5 Å². The Morgan fingerprint density at radius 2 is 1.55 bits per heavy atom. The highest BCUT2D eigenvalue weighted by atomic mass is 16.5. The van der Waals surface area contributed by atoms with E-state index >= 15 is 0 Å². The quantitative estimate of drug-likeness (QED) is 0.644. The zero-order chi connectivity index (χ0) is 14.8. The highest BCUT2D eigenvalue weighted by Crippen LogP contribution is 2.21. The predicted octanol–water partition coefficient (Wildman–Crippen LogP) is 2.90. The zero-order valence-electron chi connectivity index (χ0n) is 12.4. The first kappa shape index (κ1) is 13.3. The molecular formula is C19H18NO2+. The van der Waals surface area contributed by atoms with Crippen LogP contribution in [0.15, 0.2) is 65.1 Å². The van der Waals surface area contributed by atoms with Gasteiger partial charge in [-0.1, -0.05) is 42.5 Å². The summed E-state index contributed by atoms with van der Waals surface area (Å²) in [5.41, 5.74) is 2.02. The summed E-state index contributed by atoms with van der Waals surface area (Å²) in [6.07, 6.45) is 0. The first-order chi connectivity index (χ1) is 10.9. The van der Waals surface area contributed by atoms with E-state index in [1.807, 2.05) is 30.3 Å². The van der Waals surface area contributed by atoms with Crippen molar-refractivity contribution in [3.05, 3.63) is 66.0 Å². The van der Waals surface area contributed by atoms with Crippen molar-refractivity contribution in [1.82, 2.24) is 4.58 Å². The van der Waals surface area contributed by atoms with Crippen LogP contribution in [0.4, 0.5) is 0 Å². The maximum absolute atomic E-state index is 6.12. The molecule has 0 saturated carbocycles. The van der Waals surface area contributed by atoms with Gasteiger partial charge >= 0.3 is 0 Å². The van der Waals surface area contributed by atoms with Gasteiger partial charge in [0.25, 0.3) is 0 Å². The number of fused-ring (bicyclic) bond motifs is 1. The summed E-state index contributed by atoms with van der Waals surface area (Å²) >= 11 is 0. The first-order valence-corrected chi connectivity index (χ1v) is 7.66. The molecule has 110 valence electrons. The molecule has 0 N–H and O–H groups in total. The van der Waals surface area contributed by atoms with E-state index < -0.39 is 0 Å². The molecule has 1 aliphatic heterocycles. The Kier molecular flexibility index (Phi) is 3.49. The lowest BCUT2D eigenvalue weighted by atomic mass is 10.1. The van der Waals surface area contributed by atoms with E-state index in [-0.39, 0.29) is 0 Å². The van der Waals surface area contributed by atoms with Gasteiger partial charge in [-0.05, 0) is 12.1 Å². The van der Waals surface area contributed by atoms with Crippen LogP contribution >= 0.6 is 0 Å². The van der Waals surface area contributed by atoms with Gasteiger partial charge < -0.3 is 9.15 Å². The van der Waals surface area contributed by atoms with E-state index in [2.05, 4.69) is 34.9 Å². The molecule has 0 spiro atoms. The smallest absolute Gasteiger partial charge is 0.214 e. The predicted molar refractivity (Wildman–Crippen MR) is 87.5 cm³/mol. The second-order valence-electron chi connectivity index (χ2n) is 5.46. The average Bonchev–Trinajstić information content (AvgIpc) is 2.62. The van der Waals surface area contributed by atoms with E-state index in [1.165, 1.54) is 5.36 Å². The molecule has 2 aromatic carbocycles. The van der Waals surface area contributed by atoms with E-state index in [0.717, 1.165) is 48.6 Å². The molecule has 0 aliphatic carbocycles. The third kappa shape index (κ3) is 2.44. The minimum Gasteiger partial charge on any atom is -0.456 e. The Morgan fingerprint density at radius 3 is 2.36 bits per heavy atom. The van der Waals surface area contributed by atoms with Crippen LogP contribution < -0.4 is 9.93 Å². The molecule has 0 unspecified atom stereocenters. The van der Waals surface area contributed by atoms with Gasteiger partial charge in [0.15, 0.2) is 13.1 Å². The molecule has 0 amide bonds. The summed E-state index contributed by atoms with van der Waals surface area (Å²) in [6, 6.07) is 20.6. The van der Waals surface area contributed by atoms with Gasteiger partial charge in [0.2, 0.25) is 5.36 Å². The molecule has 1 saturated heterocycles. The highest BCUT2D eigenvalue weighted by Gasteiger charge is 2.16. The molecule has 3 heteroatoms. The average molecular weight is 292 g/mol. The second kappa shape index (κ2) is 5.78. The van der Waals surface area contributed by atoms with Gasteiger partial charge in [-0.15, -0.1) is 0 Å².